The second kappa shape index (κ2) is 5.68. The van der Waals surface area contributed by atoms with Crippen LogP contribution >= 0.6 is 0 Å². The number of hydrogen-bond acceptors (Lipinski definition) is 3. The van der Waals surface area contributed by atoms with E-state index >= 15 is 0 Å². The van der Waals surface area contributed by atoms with Gasteiger partial charge in [-0.15, -0.1) is 0 Å². The summed E-state index contributed by atoms with van der Waals surface area (Å²) in [7, 11) is 0. The predicted octanol–water partition coefficient (Wildman–Crippen LogP) is -0.841. The third-order valence-electron chi connectivity index (χ3n) is 4.39. The Labute approximate surface area is 108 Å². The first-order valence-corrected chi connectivity index (χ1v) is 6.81. The van der Waals surface area contributed by atoms with Crippen LogP contribution in [-0.2, 0) is 9.53 Å². The minimum absolute atomic E-state index is 0.0913. The van der Waals surface area contributed by atoms with E-state index in [1.54, 1.807) is 0 Å². The molecule has 100 valence electrons. The number of nitrogens with zero attached hydrogens (tertiary/aromatic N) is 1. The number of hydrogen-bond donors (Lipinski definition) is 2. The van der Waals surface area contributed by atoms with Crippen molar-refractivity contribution in [3.8, 4) is 6.07 Å². The molecule has 0 unspecified atom stereocenters. The second-order valence-corrected chi connectivity index (χ2v) is 5.29. The molecule has 2 fully saturated rings. The van der Waals surface area contributed by atoms with Gasteiger partial charge >= 0.3 is 0 Å². The number of morpholine rings is 1. The van der Waals surface area contributed by atoms with Gasteiger partial charge in [0.25, 0.3) is 0 Å². The molecule has 0 aromatic heterocycles. The van der Waals surface area contributed by atoms with Crippen LogP contribution in [0.3, 0.4) is 0 Å². The van der Waals surface area contributed by atoms with Gasteiger partial charge in [0.2, 0.25) is 5.91 Å². The van der Waals surface area contributed by atoms with Gasteiger partial charge in [0.15, 0.2) is 6.17 Å². The van der Waals surface area contributed by atoms with Crippen LogP contribution < -0.4 is 10.2 Å². The molecule has 0 radical (unpaired) electrons. The molecule has 1 amide bonds. The average Bonchev–Trinajstić information content (AvgIpc) is 2.41. The van der Waals surface area contributed by atoms with Crippen LogP contribution in [0.15, 0.2) is 0 Å². The molecule has 0 aliphatic carbocycles. The van der Waals surface area contributed by atoms with E-state index in [2.05, 4.69) is 25.2 Å². The lowest BCUT2D eigenvalue weighted by Gasteiger charge is -2.42. The van der Waals surface area contributed by atoms with Gasteiger partial charge in [-0.2, -0.15) is 5.26 Å². The number of rotatable bonds is 2. The van der Waals surface area contributed by atoms with E-state index in [0.29, 0.717) is 5.92 Å². The molecular formula is C13H22N3O2+. The van der Waals surface area contributed by atoms with Gasteiger partial charge in [0.1, 0.15) is 19.0 Å². The molecule has 2 saturated heterocycles. The Balaban J connectivity index is 2.13. The molecular weight excluding hydrogens is 230 g/mol. The van der Waals surface area contributed by atoms with Crippen LogP contribution in [-0.4, -0.2) is 38.4 Å². The van der Waals surface area contributed by atoms with Crippen LogP contribution in [0.4, 0.5) is 0 Å². The average molecular weight is 252 g/mol. The molecule has 5 nitrogen and oxygen atoms in total. The van der Waals surface area contributed by atoms with E-state index in [1.165, 1.54) is 4.90 Å². The lowest BCUT2D eigenvalue weighted by molar-refractivity contribution is -0.940. The van der Waals surface area contributed by atoms with Crippen molar-refractivity contribution in [2.75, 3.05) is 26.3 Å². The number of ether oxygens (including phenoxy) is 1. The molecule has 2 rings (SSSR count). The third-order valence-corrected chi connectivity index (χ3v) is 4.39. The van der Waals surface area contributed by atoms with Gasteiger partial charge in [-0.05, 0) is 5.92 Å². The quantitative estimate of drug-likeness (QED) is 0.673. The zero-order chi connectivity index (χ0) is 13.1. The van der Waals surface area contributed by atoms with Crippen LogP contribution in [0.25, 0.3) is 0 Å². The van der Waals surface area contributed by atoms with Crippen molar-refractivity contribution in [2.24, 2.45) is 17.8 Å². The minimum atomic E-state index is -0.485. The fourth-order valence-electron chi connectivity index (χ4n) is 3.30. The molecule has 2 N–H and O–H groups in total. The highest BCUT2D eigenvalue weighted by atomic mass is 16.5. The van der Waals surface area contributed by atoms with Gasteiger partial charge in [-0.25, -0.2) is 0 Å². The maximum Gasteiger partial charge on any atom is 0.242 e. The molecule has 0 aromatic rings. The van der Waals surface area contributed by atoms with Crippen molar-refractivity contribution < 1.29 is 14.4 Å². The number of amides is 1. The molecule has 5 heteroatoms. The number of carbonyl (C=O) groups is 1. The molecule has 2 heterocycles. The summed E-state index contributed by atoms with van der Waals surface area (Å²) in [6.07, 6.45) is 1.02. The summed E-state index contributed by atoms with van der Waals surface area (Å²) in [5, 5.41) is 12.2. The van der Waals surface area contributed by atoms with E-state index in [1.807, 2.05) is 0 Å². The monoisotopic (exact) mass is 252 g/mol. The zero-order valence-electron chi connectivity index (χ0n) is 11.1. The SMILES string of the molecule is CC[C@@H]1[C@H](C)[C@H]([NH+]2CCOCC2)NC(=O)[C@@H]1C#N. The molecule has 2 aliphatic rings. The Morgan fingerprint density at radius 2 is 2.17 bits per heavy atom. The van der Waals surface area contributed by atoms with E-state index in [4.69, 9.17) is 10.00 Å². The maximum absolute atomic E-state index is 12.0. The van der Waals surface area contributed by atoms with Gasteiger partial charge in [0, 0.05) is 5.92 Å². The second-order valence-electron chi connectivity index (χ2n) is 5.29. The van der Waals surface area contributed by atoms with Crippen molar-refractivity contribution in [3.05, 3.63) is 0 Å². The predicted molar refractivity (Wildman–Crippen MR) is 65.5 cm³/mol. The van der Waals surface area contributed by atoms with Gasteiger partial charge in [-0.3, -0.25) is 4.79 Å². The molecule has 4 atom stereocenters. The number of carbonyl (C=O) groups excluding carboxylic acids is 1. The first-order valence-electron chi connectivity index (χ1n) is 6.81. The topological polar surface area (TPSA) is 66.6 Å². The summed E-state index contributed by atoms with van der Waals surface area (Å²) in [5.74, 6) is -0.0670. The highest BCUT2D eigenvalue weighted by molar-refractivity contribution is 5.82. The number of piperidine rings is 1. The Morgan fingerprint density at radius 1 is 1.50 bits per heavy atom. The highest BCUT2D eigenvalue weighted by Gasteiger charge is 2.45. The van der Waals surface area contributed by atoms with Crippen molar-refractivity contribution in [2.45, 2.75) is 26.4 Å². The molecule has 0 spiro atoms. The van der Waals surface area contributed by atoms with Crippen LogP contribution in [0.2, 0.25) is 0 Å². The Morgan fingerprint density at radius 3 is 2.72 bits per heavy atom. The third kappa shape index (κ3) is 2.36. The zero-order valence-corrected chi connectivity index (χ0v) is 11.1. The Bertz CT molecular complexity index is 347. The Kier molecular flexibility index (Phi) is 4.20. The molecule has 0 saturated carbocycles. The van der Waals surface area contributed by atoms with Crippen molar-refractivity contribution in [1.29, 1.82) is 5.26 Å². The smallest absolute Gasteiger partial charge is 0.242 e. The first kappa shape index (κ1) is 13.3. The van der Waals surface area contributed by atoms with Gasteiger partial charge in [-0.1, -0.05) is 20.3 Å². The summed E-state index contributed by atoms with van der Waals surface area (Å²) in [5.41, 5.74) is 0. The number of nitrogens with one attached hydrogen (secondary N) is 2. The molecule has 0 aromatic carbocycles. The fourth-order valence-corrected chi connectivity index (χ4v) is 3.30. The summed E-state index contributed by atoms with van der Waals surface area (Å²) >= 11 is 0. The molecule has 2 aliphatic heterocycles. The van der Waals surface area contributed by atoms with Gasteiger partial charge < -0.3 is 15.0 Å². The van der Waals surface area contributed by atoms with E-state index in [-0.39, 0.29) is 18.0 Å². The van der Waals surface area contributed by atoms with Crippen molar-refractivity contribution >= 4 is 5.91 Å². The number of nitriles is 1. The Hall–Kier alpha value is -1.12. The van der Waals surface area contributed by atoms with Gasteiger partial charge in [0.05, 0.1) is 19.3 Å². The summed E-state index contributed by atoms with van der Waals surface area (Å²) < 4.78 is 5.36. The summed E-state index contributed by atoms with van der Waals surface area (Å²) in [6.45, 7) is 7.60. The highest BCUT2D eigenvalue weighted by Crippen LogP contribution is 2.29. The number of quaternary nitrogens is 1. The molecule has 0 bridgehead atoms. The van der Waals surface area contributed by atoms with Crippen LogP contribution in [0.1, 0.15) is 20.3 Å². The maximum atomic E-state index is 12.0. The van der Waals surface area contributed by atoms with E-state index < -0.39 is 5.92 Å². The minimum Gasteiger partial charge on any atom is -0.370 e. The van der Waals surface area contributed by atoms with Crippen molar-refractivity contribution in [1.82, 2.24) is 5.32 Å². The standard InChI is InChI=1S/C13H21N3O2/c1-3-10-9(2)12(15-13(17)11(10)8-14)16-4-6-18-7-5-16/h9-12H,3-7H2,1-2H3,(H,15,17)/p+1/t9-,10+,11+,12-/m0/s1. The van der Waals surface area contributed by atoms with Crippen LogP contribution in [0, 0.1) is 29.1 Å². The van der Waals surface area contributed by atoms with Crippen LogP contribution in [0.5, 0.6) is 0 Å². The largest absolute Gasteiger partial charge is 0.370 e. The lowest BCUT2D eigenvalue weighted by Crippen LogP contribution is -3.20. The summed E-state index contributed by atoms with van der Waals surface area (Å²) in [4.78, 5) is 13.4. The normalized spacial score (nSPS) is 37.9. The first-order chi connectivity index (χ1) is 8.69. The molecule has 18 heavy (non-hydrogen) atoms. The van der Waals surface area contributed by atoms with Crippen molar-refractivity contribution in [3.63, 3.8) is 0 Å². The van der Waals surface area contributed by atoms with E-state index in [9.17, 15) is 4.79 Å². The van der Waals surface area contributed by atoms with E-state index in [0.717, 1.165) is 32.7 Å². The summed E-state index contributed by atoms with van der Waals surface area (Å²) in [6, 6.07) is 2.16. The fraction of sp³-hybridized carbons (Fsp3) is 0.846. The lowest BCUT2D eigenvalue weighted by atomic mass is 9.76.